The molecule has 0 aromatic heterocycles. The lowest BCUT2D eigenvalue weighted by molar-refractivity contribution is -0.117. The van der Waals surface area contributed by atoms with Crippen LogP contribution in [0, 0.1) is 0 Å². The van der Waals surface area contributed by atoms with Crippen molar-refractivity contribution in [3.05, 3.63) is 71.8 Å². The maximum absolute atomic E-state index is 11.6. The molecular formula is C24H30O2S3. The summed E-state index contributed by atoms with van der Waals surface area (Å²) in [5.41, 5.74) is 2.48. The lowest BCUT2D eigenvalue weighted by atomic mass is 10.1. The van der Waals surface area contributed by atoms with Crippen molar-refractivity contribution in [1.82, 2.24) is 0 Å². The molecule has 0 aliphatic carbocycles. The van der Waals surface area contributed by atoms with Crippen molar-refractivity contribution < 1.29 is 9.59 Å². The Kier molecular flexibility index (Phi) is 11.6. The minimum atomic E-state index is 0.243. The molecule has 2 atom stereocenters. The third-order valence-electron chi connectivity index (χ3n) is 4.38. The van der Waals surface area contributed by atoms with Gasteiger partial charge in [0.25, 0.3) is 0 Å². The molecule has 5 heteroatoms. The Morgan fingerprint density at radius 1 is 0.655 bits per heavy atom. The average molecular weight is 447 g/mol. The minimum Gasteiger partial charge on any atom is -0.300 e. The maximum atomic E-state index is 11.6. The summed E-state index contributed by atoms with van der Waals surface area (Å²) in [4.78, 5) is 23.2. The fourth-order valence-electron chi connectivity index (χ4n) is 3.00. The second-order valence-electron chi connectivity index (χ2n) is 6.96. The zero-order valence-corrected chi connectivity index (χ0v) is 19.7. The van der Waals surface area contributed by atoms with Crippen LogP contribution in [-0.4, -0.2) is 34.6 Å². The molecule has 0 aliphatic rings. The van der Waals surface area contributed by atoms with Gasteiger partial charge in [0, 0.05) is 46.4 Å². The summed E-state index contributed by atoms with van der Waals surface area (Å²) in [5.74, 6) is 4.72. The summed E-state index contributed by atoms with van der Waals surface area (Å²) in [7, 11) is 0. The minimum absolute atomic E-state index is 0.243. The van der Waals surface area contributed by atoms with E-state index in [0.717, 1.165) is 23.0 Å². The predicted molar refractivity (Wildman–Crippen MR) is 131 cm³/mol. The van der Waals surface area contributed by atoms with E-state index in [9.17, 15) is 9.59 Å². The predicted octanol–water partition coefficient (Wildman–Crippen LogP) is 6.63. The molecule has 0 saturated heterocycles. The van der Waals surface area contributed by atoms with Gasteiger partial charge in [-0.05, 0) is 25.0 Å². The van der Waals surface area contributed by atoms with Gasteiger partial charge in [0.1, 0.15) is 11.6 Å². The highest BCUT2D eigenvalue weighted by molar-refractivity contribution is 8.04. The zero-order chi connectivity index (χ0) is 20.9. The lowest BCUT2D eigenvalue weighted by Crippen LogP contribution is -2.04. The first kappa shape index (κ1) is 24.1. The molecule has 29 heavy (non-hydrogen) atoms. The summed E-state index contributed by atoms with van der Waals surface area (Å²) in [6, 6.07) is 20.7. The van der Waals surface area contributed by atoms with Gasteiger partial charge in [-0.15, -0.1) is 0 Å². The molecule has 2 aromatic rings. The van der Waals surface area contributed by atoms with Crippen LogP contribution in [-0.2, 0) is 9.59 Å². The summed E-state index contributed by atoms with van der Waals surface area (Å²) in [6.45, 7) is 3.35. The van der Waals surface area contributed by atoms with E-state index in [1.165, 1.54) is 11.1 Å². The number of thioether (sulfide) groups is 3. The van der Waals surface area contributed by atoms with Gasteiger partial charge in [0.05, 0.1) is 0 Å². The molecule has 0 aliphatic heterocycles. The molecule has 0 N–H and O–H groups in total. The Hall–Kier alpha value is -1.17. The van der Waals surface area contributed by atoms with Gasteiger partial charge in [-0.1, -0.05) is 60.7 Å². The third kappa shape index (κ3) is 9.92. The van der Waals surface area contributed by atoms with Crippen LogP contribution < -0.4 is 0 Å². The average Bonchev–Trinajstić information content (AvgIpc) is 2.72. The molecule has 0 amide bonds. The van der Waals surface area contributed by atoms with Crippen molar-refractivity contribution in [3.8, 4) is 0 Å². The molecule has 0 saturated carbocycles. The van der Waals surface area contributed by atoms with Crippen LogP contribution in [0.4, 0.5) is 0 Å². The van der Waals surface area contributed by atoms with Gasteiger partial charge < -0.3 is 0 Å². The van der Waals surface area contributed by atoms with Crippen LogP contribution in [0.25, 0.3) is 0 Å². The number of carbonyl (C=O) groups is 2. The number of hydrogen-bond acceptors (Lipinski definition) is 5. The normalized spacial score (nSPS) is 13.0. The highest BCUT2D eigenvalue weighted by atomic mass is 32.2. The topological polar surface area (TPSA) is 34.1 Å². The molecule has 2 rings (SSSR count). The molecule has 0 unspecified atom stereocenters. The highest BCUT2D eigenvalue weighted by Gasteiger charge is 2.15. The third-order valence-corrected chi connectivity index (χ3v) is 8.45. The fraction of sp³-hybridized carbons (Fsp3) is 0.417. The van der Waals surface area contributed by atoms with Gasteiger partial charge in [0.2, 0.25) is 0 Å². The Morgan fingerprint density at radius 2 is 1.03 bits per heavy atom. The summed E-state index contributed by atoms with van der Waals surface area (Å²) >= 11 is 5.71. The van der Waals surface area contributed by atoms with Crippen molar-refractivity contribution in [2.75, 3.05) is 23.0 Å². The first-order valence-electron chi connectivity index (χ1n) is 9.96. The zero-order valence-electron chi connectivity index (χ0n) is 17.2. The van der Waals surface area contributed by atoms with Crippen molar-refractivity contribution in [2.45, 2.75) is 37.2 Å². The Bertz CT molecular complexity index is 671. The van der Waals surface area contributed by atoms with Gasteiger partial charge in [0.15, 0.2) is 0 Å². The van der Waals surface area contributed by atoms with Crippen molar-refractivity contribution >= 4 is 46.9 Å². The van der Waals surface area contributed by atoms with Crippen LogP contribution in [0.1, 0.15) is 48.3 Å². The van der Waals surface area contributed by atoms with E-state index in [2.05, 4.69) is 24.3 Å². The highest BCUT2D eigenvalue weighted by Crippen LogP contribution is 2.34. The van der Waals surface area contributed by atoms with Gasteiger partial charge in [-0.25, -0.2) is 0 Å². The first-order chi connectivity index (χ1) is 14.1. The Labute approximate surface area is 188 Å². The molecule has 0 spiro atoms. The lowest BCUT2D eigenvalue weighted by Gasteiger charge is -2.16. The standard InChI is InChI=1S/C24H30O2S3/c1-19(25)17-23(21-9-5-3-6-10-21)28-15-13-27-14-16-29-24(18-20(2)26)22-11-7-4-8-12-22/h3-12,23-24H,13-18H2,1-2H3/t23-,24-/m1/s1. The number of rotatable bonds is 14. The van der Waals surface area contributed by atoms with Crippen LogP contribution in [0.3, 0.4) is 0 Å². The number of ketones is 2. The molecule has 0 heterocycles. The van der Waals surface area contributed by atoms with E-state index in [4.69, 9.17) is 0 Å². The van der Waals surface area contributed by atoms with Crippen molar-refractivity contribution in [1.29, 1.82) is 0 Å². The van der Waals surface area contributed by atoms with E-state index in [-0.39, 0.29) is 22.1 Å². The first-order valence-corrected chi connectivity index (χ1v) is 13.2. The van der Waals surface area contributed by atoms with E-state index < -0.39 is 0 Å². The van der Waals surface area contributed by atoms with Crippen molar-refractivity contribution in [2.24, 2.45) is 0 Å². The van der Waals surface area contributed by atoms with Gasteiger partial charge in [-0.2, -0.15) is 35.3 Å². The second kappa shape index (κ2) is 13.9. The molecule has 2 aromatic carbocycles. The number of hydrogen-bond donors (Lipinski definition) is 0. The summed E-state index contributed by atoms with van der Waals surface area (Å²) in [5, 5.41) is 0.503. The molecule has 2 nitrogen and oxygen atoms in total. The van der Waals surface area contributed by atoms with Crippen LogP contribution in [0.5, 0.6) is 0 Å². The molecular weight excluding hydrogens is 416 g/mol. The van der Waals surface area contributed by atoms with E-state index in [1.807, 2.05) is 71.7 Å². The summed E-state index contributed by atoms with van der Waals surface area (Å²) < 4.78 is 0. The number of carbonyl (C=O) groups excluding carboxylic acids is 2. The number of Topliss-reactive ketones (excluding diaryl/α,β-unsaturated/α-hetero) is 2. The maximum Gasteiger partial charge on any atom is 0.131 e. The van der Waals surface area contributed by atoms with Crippen LogP contribution >= 0.6 is 35.3 Å². The van der Waals surface area contributed by atoms with E-state index in [1.54, 1.807) is 13.8 Å². The van der Waals surface area contributed by atoms with E-state index in [0.29, 0.717) is 12.8 Å². The van der Waals surface area contributed by atoms with E-state index >= 15 is 0 Å². The number of benzene rings is 2. The summed E-state index contributed by atoms with van der Waals surface area (Å²) in [6.07, 6.45) is 1.19. The van der Waals surface area contributed by atoms with Crippen LogP contribution in [0.2, 0.25) is 0 Å². The smallest absolute Gasteiger partial charge is 0.131 e. The Balaban J connectivity index is 1.69. The largest absolute Gasteiger partial charge is 0.300 e. The molecule has 0 radical (unpaired) electrons. The van der Waals surface area contributed by atoms with Gasteiger partial charge in [-0.3, -0.25) is 9.59 Å². The van der Waals surface area contributed by atoms with Crippen molar-refractivity contribution in [3.63, 3.8) is 0 Å². The SMILES string of the molecule is CC(=O)C[C@@H](SCCSCCS[C@H](CC(C)=O)c1ccccc1)c1ccccc1. The van der Waals surface area contributed by atoms with Gasteiger partial charge >= 0.3 is 0 Å². The fourth-order valence-corrected chi connectivity index (χ4v) is 6.89. The second-order valence-corrected chi connectivity index (χ2v) is 10.8. The molecule has 156 valence electrons. The quantitative estimate of drug-likeness (QED) is 0.304. The Morgan fingerprint density at radius 3 is 1.38 bits per heavy atom. The molecule has 0 bridgehead atoms. The molecule has 0 fully saturated rings. The van der Waals surface area contributed by atoms with Crippen LogP contribution in [0.15, 0.2) is 60.7 Å². The monoisotopic (exact) mass is 446 g/mol.